The first-order valence-corrected chi connectivity index (χ1v) is 15.4. The van der Waals surface area contributed by atoms with Crippen molar-refractivity contribution in [1.82, 2.24) is 15.0 Å². The van der Waals surface area contributed by atoms with Gasteiger partial charge in [0.2, 0.25) is 0 Å². The van der Waals surface area contributed by atoms with Gasteiger partial charge in [-0.15, -0.1) is 11.3 Å². The fraction of sp³-hybridized carbons (Fsp3) is 0.310. The number of thiophene rings is 1. The van der Waals surface area contributed by atoms with Crippen LogP contribution in [0, 0.1) is 0 Å². The summed E-state index contributed by atoms with van der Waals surface area (Å²) in [6.45, 7) is 5.78. The predicted molar refractivity (Wildman–Crippen MR) is 165 cm³/mol. The number of anilines is 1. The highest BCUT2D eigenvalue weighted by molar-refractivity contribution is 7.99. The largest absolute Gasteiger partial charge is 0.507 e. The van der Waals surface area contributed by atoms with E-state index in [0.29, 0.717) is 31.6 Å². The second-order valence-corrected chi connectivity index (χ2v) is 11.9. The molecular formula is C29H30ClN5O3S2. The first-order chi connectivity index (χ1) is 19.4. The highest BCUT2D eigenvalue weighted by atomic mass is 35.5. The van der Waals surface area contributed by atoms with Crippen molar-refractivity contribution in [3.05, 3.63) is 73.8 Å². The van der Waals surface area contributed by atoms with Crippen LogP contribution in [0.4, 0.5) is 5.69 Å². The molecule has 4 aromatic rings. The number of nitrogens with zero attached hydrogens (tertiary/aromatic N) is 4. The van der Waals surface area contributed by atoms with Crippen molar-refractivity contribution in [2.24, 2.45) is 5.10 Å². The fourth-order valence-corrected chi connectivity index (χ4v) is 7.10. The number of aryl methyl sites for hydroxylation is 2. The van der Waals surface area contributed by atoms with Gasteiger partial charge in [-0.25, -0.2) is 10.4 Å². The molecule has 0 saturated heterocycles. The molecule has 2 aromatic heterocycles. The van der Waals surface area contributed by atoms with Crippen molar-refractivity contribution in [2.45, 2.75) is 44.7 Å². The molecule has 1 aliphatic carbocycles. The highest BCUT2D eigenvalue weighted by Crippen LogP contribution is 2.35. The SMILES string of the molecule is CCN(CC)c1ccc(C=NNC(=O)CSc2nc3sc4c(c3c(=O)n2-c2ccc(Cl)cc2)CCCC4)c(O)c1. The van der Waals surface area contributed by atoms with Crippen molar-refractivity contribution in [2.75, 3.05) is 23.7 Å². The minimum atomic E-state index is -0.358. The number of fused-ring (bicyclic) bond motifs is 3. The summed E-state index contributed by atoms with van der Waals surface area (Å²) in [5.74, 6) is -0.274. The van der Waals surface area contributed by atoms with Crippen molar-refractivity contribution in [1.29, 1.82) is 0 Å². The Hall–Kier alpha value is -3.34. The van der Waals surface area contributed by atoms with Gasteiger partial charge >= 0.3 is 0 Å². The maximum absolute atomic E-state index is 13.8. The highest BCUT2D eigenvalue weighted by Gasteiger charge is 2.23. The van der Waals surface area contributed by atoms with Crippen LogP contribution < -0.4 is 15.9 Å². The second-order valence-electron chi connectivity index (χ2n) is 9.40. The number of hydrogen-bond donors (Lipinski definition) is 2. The standard InChI is InChI=1S/C29H30ClN5O3S2/c1-3-34(4-2)21-12-9-18(23(36)15-21)16-31-33-25(37)17-39-29-32-27-26(22-7-5-6-8-24(22)40-27)28(38)35(29)20-13-10-19(30)11-14-20/h9-16,36H,3-8,17H2,1-2H3,(H,33,37). The van der Waals surface area contributed by atoms with Crippen LogP contribution >= 0.6 is 34.7 Å². The van der Waals surface area contributed by atoms with Gasteiger partial charge in [-0.1, -0.05) is 23.4 Å². The topological polar surface area (TPSA) is 99.8 Å². The van der Waals surface area contributed by atoms with Gasteiger partial charge in [-0.2, -0.15) is 5.10 Å². The van der Waals surface area contributed by atoms with Crippen molar-refractivity contribution in [3.8, 4) is 11.4 Å². The van der Waals surface area contributed by atoms with E-state index < -0.39 is 0 Å². The number of halogens is 1. The number of nitrogens with one attached hydrogen (secondary N) is 1. The van der Waals surface area contributed by atoms with Crippen LogP contribution in [0.2, 0.25) is 5.02 Å². The molecule has 0 fully saturated rings. The molecule has 0 radical (unpaired) electrons. The first kappa shape index (κ1) is 28.2. The van der Waals surface area contributed by atoms with Gasteiger partial charge in [0.25, 0.3) is 11.5 Å². The quantitative estimate of drug-likeness (QED) is 0.110. The minimum Gasteiger partial charge on any atom is -0.507 e. The van der Waals surface area contributed by atoms with E-state index in [9.17, 15) is 14.7 Å². The Bertz CT molecular complexity index is 1630. The summed E-state index contributed by atoms with van der Waals surface area (Å²) in [5, 5.41) is 16.1. The van der Waals surface area contributed by atoms with Crippen LogP contribution in [0.3, 0.4) is 0 Å². The summed E-state index contributed by atoms with van der Waals surface area (Å²) in [6, 6.07) is 12.4. The zero-order valence-electron chi connectivity index (χ0n) is 22.3. The summed E-state index contributed by atoms with van der Waals surface area (Å²) < 4.78 is 1.57. The van der Waals surface area contributed by atoms with Crippen molar-refractivity contribution in [3.63, 3.8) is 0 Å². The van der Waals surface area contributed by atoms with Gasteiger partial charge in [0, 0.05) is 40.3 Å². The lowest BCUT2D eigenvalue weighted by Crippen LogP contribution is -2.24. The Kier molecular flexibility index (Phi) is 8.78. The van der Waals surface area contributed by atoms with Crippen LogP contribution in [-0.4, -0.2) is 45.6 Å². The number of phenolic OH excluding ortho intramolecular Hbond substituents is 1. The van der Waals surface area contributed by atoms with Gasteiger partial charge in [0.1, 0.15) is 10.6 Å². The third-order valence-electron chi connectivity index (χ3n) is 6.91. The number of phenols is 1. The normalized spacial score (nSPS) is 13.1. The lowest BCUT2D eigenvalue weighted by atomic mass is 9.97. The van der Waals surface area contributed by atoms with Gasteiger partial charge in [0.15, 0.2) is 5.16 Å². The number of rotatable bonds is 9. The predicted octanol–water partition coefficient (Wildman–Crippen LogP) is 5.77. The number of thioether (sulfide) groups is 1. The third-order valence-corrected chi connectivity index (χ3v) is 9.29. The van der Waals surface area contributed by atoms with Gasteiger partial charge < -0.3 is 10.0 Å². The Morgan fingerprint density at radius 2 is 1.95 bits per heavy atom. The summed E-state index contributed by atoms with van der Waals surface area (Å²) in [6.07, 6.45) is 5.44. The summed E-state index contributed by atoms with van der Waals surface area (Å²) >= 11 is 8.85. The molecule has 1 aliphatic rings. The number of aromatic hydroxyl groups is 1. The zero-order valence-corrected chi connectivity index (χ0v) is 24.7. The molecule has 5 rings (SSSR count). The van der Waals surface area contributed by atoms with E-state index in [4.69, 9.17) is 16.6 Å². The van der Waals surface area contributed by atoms with Crippen LogP contribution in [0.15, 0.2) is 57.5 Å². The fourth-order valence-electron chi connectivity index (χ4n) is 4.86. The maximum atomic E-state index is 13.8. The molecule has 0 saturated carbocycles. The molecule has 8 nitrogen and oxygen atoms in total. The lowest BCUT2D eigenvalue weighted by Gasteiger charge is -2.21. The number of hydrazone groups is 1. The Morgan fingerprint density at radius 1 is 1.20 bits per heavy atom. The molecule has 11 heteroatoms. The van der Waals surface area contributed by atoms with Gasteiger partial charge in [-0.3, -0.25) is 14.2 Å². The Morgan fingerprint density at radius 3 is 2.67 bits per heavy atom. The van der Waals surface area contributed by atoms with E-state index in [-0.39, 0.29) is 23.0 Å². The second kappa shape index (κ2) is 12.4. The first-order valence-electron chi connectivity index (χ1n) is 13.3. The zero-order chi connectivity index (χ0) is 28.2. The maximum Gasteiger partial charge on any atom is 0.267 e. The van der Waals surface area contributed by atoms with E-state index in [1.807, 2.05) is 6.07 Å². The number of benzene rings is 2. The van der Waals surface area contributed by atoms with E-state index in [0.717, 1.165) is 50.0 Å². The van der Waals surface area contributed by atoms with Crippen LogP contribution in [-0.2, 0) is 17.6 Å². The molecule has 0 aliphatic heterocycles. The number of carbonyl (C=O) groups is 1. The Balaban J connectivity index is 1.35. The van der Waals surface area contributed by atoms with Crippen LogP contribution in [0.1, 0.15) is 42.7 Å². The van der Waals surface area contributed by atoms with E-state index in [1.165, 1.54) is 22.9 Å². The molecule has 0 unspecified atom stereocenters. The summed E-state index contributed by atoms with van der Waals surface area (Å²) in [5.41, 5.74) is 5.55. The molecule has 2 N–H and O–H groups in total. The van der Waals surface area contributed by atoms with Crippen LogP contribution in [0.25, 0.3) is 15.9 Å². The van der Waals surface area contributed by atoms with E-state index in [1.54, 1.807) is 52.3 Å². The van der Waals surface area contributed by atoms with Crippen molar-refractivity contribution < 1.29 is 9.90 Å². The molecule has 0 bridgehead atoms. The average molecular weight is 596 g/mol. The molecule has 2 heterocycles. The van der Waals surface area contributed by atoms with Crippen LogP contribution in [0.5, 0.6) is 5.75 Å². The molecule has 0 atom stereocenters. The van der Waals surface area contributed by atoms with Gasteiger partial charge in [-0.05, 0) is 81.5 Å². The molecular weight excluding hydrogens is 566 g/mol. The average Bonchev–Trinajstić information content (AvgIpc) is 3.33. The molecule has 1 amide bonds. The summed E-state index contributed by atoms with van der Waals surface area (Å²) in [4.78, 5) is 35.4. The monoisotopic (exact) mass is 595 g/mol. The lowest BCUT2D eigenvalue weighted by molar-refractivity contribution is -0.118. The van der Waals surface area contributed by atoms with E-state index in [2.05, 4.69) is 29.3 Å². The molecule has 208 valence electrons. The number of amides is 1. The number of hydrogen-bond acceptors (Lipinski definition) is 8. The van der Waals surface area contributed by atoms with E-state index >= 15 is 0 Å². The third kappa shape index (κ3) is 5.89. The van der Waals surface area contributed by atoms with Crippen molar-refractivity contribution >= 4 is 62.7 Å². The Labute approximate surface area is 245 Å². The number of carbonyl (C=O) groups excluding carboxylic acids is 1. The number of aromatic nitrogens is 2. The summed E-state index contributed by atoms with van der Waals surface area (Å²) in [7, 11) is 0. The minimum absolute atomic E-state index is 0.000839. The molecule has 2 aromatic carbocycles. The smallest absolute Gasteiger partial charge is 0.267 e. The molecule has 0 spiro atoms. The molecule has 40 heavy (non-hydrogen) atoms. The van der Waals surface area contributed by atoms with Gasteiger partial charge in [0.05, 0.1) is 23.0 Å².